The van der Waals surface area contributed by atoms with Gasteiger partial charge in [-0.1, -0.05) is 15.9 Å². The summed E-state index contributed by atoms with van der Waals surface area (Å²) in [5, 5.41) is 11.3. The molecule has 0 aliphatic rings. The normalized spacial score (nSPS) is 12.6. The number of fused-ring (bicyclic) bond motifs is 1. The molecule has 0 atom stereocenters. The Morgan fingerprint density at radius 3 is 2.50 bits per heavy atom. The van der Waals surface area contributed by atoms with Gasteiger partial charge in [0.15, 0.2) is 0 Å². The lowest BCUT2D eigenvalue weighted by atomic mass is 10.0. The van der Waals surface area contributed by atoms with Gasteiger partial charge in [-0.2, -0.15) is 0 Å². The Morgan fingerprint density at radius 1 is 1.28 bits per heavy atom. The van der Waals surface area contributed by atoms with E-state index in [2.05, 4.69) is 58.6 Å². The zero-order valence-electron chi connectivity index (χ0n) is 11.4. The van der Waals surface area contributed by atoms with Gasteiger partial charge in [0.1, 0.15) is 0 Å². The van der Waals surface area contributed by atoms with Crippen LogP contribution in [0.2, 0.25) is 0 Å². The molecule has 3 heteroatoms. The number of hydrogen-bond acceptors (Lipinski definition) is 1. The van der Waals surface area contributed by atoms with E-state index < -0.39 is 5.60 Å². The average Bonchev–Trinajstić information content (AvgIpc) is 2.51. The highest BCUT2D eigenvalue weighted by molar-refractivity contribution is 9.10. The SMILES string of the molecule is CC(C)n1c(CC(C)(C)O)cc2cc(Br)ccc21. The van der Waals surface area contributed by atoms with Crippen molar-refractivity contribution < 1.29 is 5.11 Å². The molecule has 0 bridgehead atoms. The first-order chi connectivity index (χ1) is 8.28. The Labute approximate surface area is 117 Å². The molecular weight excluding hydrogens is 290 g/mol. The minimum absolute atomic E-state index is 0.390. The highest BCUT2D eigenvalue weighted by Gasteiger charge is 2.19. The molecule has 0 spiro atoms. The molecule has 0 aliphatic heterocycles. The summed E-state index contributed by atoms with van der Waals surface area (Å²) in [6.45, 7) is 8.06. The second kappa shape index (κ2) is 4.71. The van der Waals surface area contributed by atoms with Gasteiger partial charge in [-0.15, -0.1) is 0 Å². The van der Waals surface area contributed by atoms with Crippen molar-refractivity contribution in [2.45, 2.75) is 45.8 Å². The number of aromatic nitrogens is 1. The minimum Gasteiger partial charge on any atom is -0.390 e. The van der Waals surface area contributed by atoms with Crippen LogP contribution in [-0.2, 0) is 6.42 Å². The number of benzene rings is 1. The molecule has 0 saturated carbocycles. The topological polar surface area (TPSA) is 25.2 Å². The predicted molar refractivity (Wildman–Crippen MR) is 80.0 cm³/mol. The monoisotopic (exact) mass is 309 g/mol. The Morgan fingerprint density at radius 2 is 1.94 bits per heavy atom. The van der Waals surface area contributed by atoms with E-state index in [4.69, 9.17) is 0 Å². The Bertz CT molecular complexity index is 564. The zero-order chi connectivity index (χ0) is 13.5. The van der Waals surface area contributed by atoms with Gasteiger partial charge in [0, 0.05) is 33.5 Å². The van der Waals surface area contributed by atoms with E-state index in [1.165, 1.54) is 16.6 Å². The minimum atomic E-state index is -0.682. The maximum atomic E-state index is 10.0. The van der Waals surface area contributed by atoms with E-state index in [-0.39, 0.29) is 0 Å². The fourth-order valence-corrected chi connectivity index (χ4v) is 2.83. The molecule has 0 amide bonds. The molecule has 2 nitrogen and oxygen atoms in total. The van der Waals surface area contributed by atoms with Crippen molar-refractivity contribution >= 4 is 26.8 Å². The number of hydrogen-bond donors (Lipinski definition) is 1. The lowest BCUT2D eigenvalue weighted by molar-refractivity contribution is 0.0789. The second-order valence-electron chi connectivity index (χ2n) is 5.79. The molecule has 2 rings (SSSR count). The molecule has 1 aromatic carbocycles. The molecule has 98 valence electrons. The lowest BCUT2D eigenvalue weighted by Gasteiger charge is -2.21. The first kappa shape index (κ1) is 13.6. The maximum absolute atomic E-state index is 10.0. The van der Waals surface area contributed by atoms with Crippen molar-refractivity contribution in [2.75, 3.05) is 0 Å². The summed E-state index contributed by atoms with van der Waals surface area (Å²) in [4.78, 5) is 0. The lowest BCUT2D eigenvalue weighted by Crippen LogP contribution is -2.24. The molecule has 1 heterocycles. The van der Waals surface area contributed by atoms with E-state index in [9.17, 15) is 5.11 Å². The van der Waals surface area contributed by atoms with Crippen LogP contribution < -0.4 is 0 Å². The standard InChI is InChI=1S/C15H20BrNO/c1-10(2)17-13(9-15(3,4)18)8-11-7-12(16)5-6-14(11)17/h5-8,10,18H,9H2,1-4H3. The van der Waals surface area contributed by atoms with Crippen molar-refractivity contribution in [3.05, 3.63) is 34.4 Å². The molecule has 0 fully saturated rings. The van der Waals surface area contributed by atoms with E-state index >= 15 is 0 Å². The van der Waals surface area contributed by atoms with Crippen LogP contribution in [0.25, 0.3) is 10.9 Å². The second-order valence-corrected chi connectivity index (χ2v) is 6.71. The first-order valence-electron chi connectivity index (χ1n) is 6.30. The highest BCUT2D eigenvalue weighted by atomic mass is 79.9. The number of halogens is 1. The molecule has 0 unspecified atom stereocenters. The molecule has 0 radical (unpaired) electrons. The largest absolute Gasteiger partial charge is 0.390 e. The van der Waals surface area contributed by atoms with Crippen LogP contribution in [0.1, 0.15) is 39.4 Å². The quantitative estimate of drug-likeness (QED) is 0.898. The number of nitrogens with zero attached hydrogens (tertiary/aromatic N) is 1. The smallest absolute Gasteiger partial charge is 0.0646 e. The van der Waals surface area contributed by atoms with Crippen LogP contribution in [0.4, 0.5) is 0 Å². The summed E-state index contributed by atoms with van der Waals surface area (Å²) in [6, 6.07) is 8.89. The first-order valence-corrected chi connectivity index (χ1v) is 7.09. The molecule has 0 saturated heterocycles. The van der Waals surface area contributed by atoms with Crippen LogP contribution in [-0.4, -0.2) is 15.3 Å². The van der Waals surface area contributed by atoms with E-state index in [0.29, 0.717) is 12.5 Å². The molecule has 18 heavy (non-hydrogen) atoms. The van der Waals surface area contributed by atoms with Crippen LogP contribution in [0.15, 0.2) is 28.7 Å². The predicted octanol–water partition coefficient (Wildman–Crippen LogP) is 4.30. The Hall–Kier alpha value is -0.800. The third-order valence-corrected chi connectivity index (χ3v) is 3.50. The zero-order valence-corrected chi connectivity index (χ0v) is 13.0. The van der Waals surface area contributed by atoms with Gasteiger partial charge in [0.05, 0.1) is 5.60 Å². The van der Waals surface area contributed by atoms with Gasteiger partial charge in [-0.05, 0) is 52.0 Å². The Balaban J connectivity index is 2.61. The van der Waals surface area contributed by atoms with Gasteiger partial charge in [0.25, 0.3) is 0 Å². The maximum Gasteiger partial charge on any atom is 0.0646 e. The van der Waals surface area contributed by atoms with Crippen LogP contribution in [0, 0.1) is 0 Å². The molecule has 0 aliphatic carbocycles. The van der Waals surface area contributed by atoms with Gasteiger partial charge in [-0.25, -0.2) is 0 Å². The van der Waals surface area contributed by atoms with Gasteiger partial charge >= 0.3 is 0 Å². The average molecular weight is 310 g/mol. The molecule has 1 N–H and O–H groups in total. The summed E-state index contributed by atoms with van der Waals surface area (Å²) >= 11 is 3.51. The van der Waals surface area contributed by atoms with Crippen molar-refractivity contribution in [3.8, 4) is 0 Å². The van der Waals surface area contributed by atoms with Gasteiger partial charge in [-0.3, -0.25) is 0 Å². The third kappa shape index (κ3) is 2.78. The fourth-order valence-electron chi connectivity index (χ4n) is 2.45. The fraction of sp³-hybridized carbons (Fsp3) is 0.467. The van der Waals surface area contributed by atoms with E-state index in [0.717, 1.165) is 4.47 Å². The number of rotatable bonds is 3. The van der Waals surface area contributed by atoms with Gasteiger partial charge < -0.3 is 9.67 Å². The van der Waals surface area contributed by atoms with Crippen LogP contribution in [0.5, 0.6) is 0 Å². The summed E-state index contributed by atoms with van der Waals surface area (Å²) in [6.07, 6.45) is 0.664. The van der Waals surface area contributed by atoms with E-state index in [1.54, 1.807) is 0 Å². The van der Waals surface area contributed by atoms with Crippen molar-refractivity contribution in [2.24, 2.45) is 0 Å². The Kier molecular flexibility index (Phi) is 3.56. The summed E-state index contributed by atoms with van der Waals surface area (Å²) in [5.74, 6) is 0. The number of aliphatic hydroxyl groups is 1. The van der Waals surface area contributed by atoms with Crippen molar-refractivity contribution in [1.82, 2.24) is 4.57 Å². The van der Waals surface area contributed by atoms with Gasteiger partial charge in [0.2, 0.25) is 0 Å². The third-order valence-electron chi connectivity index (χ3n) is 3.01. The van der Waals surface area contributed by atoms with E-state index in [1.807, 2.05) is 13.8 Å². The highest BCUT2D eigenvalue weighted by Crippen LogP contribution is 2.28. The molecular formula is C15H20BrNO. The molecule has 1 aromatic heterocycles. The summed E-state index contributed by atoms with van der Waals surface area (Å²) in [5.41, 5.74) is 1.73. The van der Waals surface area contributed by atoms with Crippen LogP contribution >= 0.6 is 15.9 Å². The van der Waals surface area contributed by atoms with Crippen LogP contribution in [0.3, 0.4) is 0 Å². The molecule has 2 aromatic rings. The van der Waals surface area contributed by atoms with Crippen molar-refractivity contribution in [1.29, 1.82) is 0 Å². The summed E-state index contributed by atoms with van der Waals surface area (Å²) in [7, 11) is 0. The summed E-state index contributed by atoms with van der Waals surface area (Å²) < 4.78 is 3.39. The van der Waals surface area contributed by atoms with Crippen molar-refractivity contribution in [3.63, 3.8) is 0 Å².